The molecule has 0 aliphatic carbocycles. The van der Waals surface area contributed by atoms with Crippen molar-refractivity contribution in [2.45, 2.75) is 31.2 Å². The van der Waals surface area contributed by atoms with Gasteiger partial charge in [-0.25, -0.2) is 8.42 Å². The number of fused-ring (bicyclic) bond motifs is 1. The lowest BCUT2D eigenvalue weighted by atomic mass is 10.0. The molecule has 0 atom stereocenters. The van der Waals surface area contributed by atoms with E-state index in [9.17, 15) is 18.0 Å². The van der Waals surface area contributed by atoms with E-state index in [1.807, 2.05) is 0 Å². The fraction of sp³-hybridized carbons (Fsp3) is 0.348. The van der Waals surface area contributed by atoms with Crippen LogP contribution in [0.1, 0.15) is 30.1 Å². The van der Waals surface area contributed by atoms with Gasteiger partial charge in [0.25, 0.3) is 5.91 Å². The zero-order valence-electron chi connectivity index (χ0n) is 18.7. The molecule has 0 spiro atoms. The fourth-order valence-electron chi connectivity index (χ4n) is 3.77. The lowest BCUT2D eigenvalue weighted by Crippen LogP contribution is -2.37. The van der Waals surface area contributed by atoms with Crippen molar-refractivity contribution in [2.75, 3.05) is 20.2 Å². The lowest BCUT2D eigenvalue weighted by molar-refractivity contribution is -0.141. The van der Waals surface area contributed by atoms with Gasteiger partial charge in [-0.3, -0.25) is 9.59 Å². The Bertz CT molecular complexity index is 1400. The monoisotopic (exact) mass is 521 g/mol. The molecule has 2 heterocycles. The number of ether oxygens (including phenoxy) is 1. The number of amides is 1. The smallest absolute Gasteiger partial charge is 0.325 e. The van der Waals surface area contributed by atoms with Crippen LogP contribution in [0.4, 0.5) is 0 Å². The first-order valence-corrected chi connectivity index (χ1v) is 13.4. The average Bonchev–Trinajstić information content (AvgIpc) is 3.14. The van der Waals surface area contributed by atoms with Crippen molar-refractivity contribution in [3.05, 3.63) is 57.9 Å². The predicted octanol–water partition coefficient (Wildman–Crippen LogP) is 3.69. The summed E-state index contributed by atoms with van der Waals surface area (Å²) in [6.07, 6.45) is 1.67. The molecule has 0 bridgehead atoms. The molecule has 3 aromatic rings. The quantitative estimate of drug-likeness (QED) is 0.477. The van der Waals surface area contributed by atoms with Gasteiger partial charge in [-0.05, 0) is 61.2 Å². The number of sulfonamides is 1. The van der Waals surface area contributed by atoms with Crippen LogP contribution in [-0.2, 0) is 26.1 Å². The Kier molecular flexibility index (Phi) is 7.22. The second-order valence-corrected chi connectivity index (χ2v) is 11.6. The zero-order valence-corrected chi connectivity index (χ0v) is 21.1. The molecule has 0 N–H and O–H groups in total. The molecule has 1 aromatic heterocycles. The van der Waals surface area contributed by atoms with E-state index < -0.39 is 21.9 Å². The molecular weight excluding hydrogens is 498 g/mol. The minimum atomic E-state index is -3.61. The molecule has 1 saturated heterocycles. The Morgan fingerprint density at radius 3 is 2.47 bits per heavy atom. The number of halogens is 1. The van der Waals surface area contributed by atoms with Crippen LogP contribution in [0.2, 0.25) is 5.02 Å². The maximum Gasteiger partial charge on any atom is 0.325 e. The Hall–Kier alpha value is -2.53. The summed E-state index contributed by atoms with van der Waals surface area (Å²) in [5.74, 6) is -0.517. The summed E-state index contributed by atoms with van der Waals surface area (Å²) in [7, 11) is -2.32. The van der Waals surface area contributed by atoms with Crippen molar-refractivity contribution in [2.24, 2.45) is 10.9 Å². The molecule has 8 nitrogen and oxygen atoms in total. The van der Waals surface area contributed by atoms with E-state index in [2.05, 4.69) is 11.9 Å². The third-order valence-corrected chi connectivity index (χ3v) is 9.03. The largest absolute Gasteiger partial charge is 0.468 e. The van der Waals surface area contributed by atoms with Gasteiger partial charge >= 0.3 is 5.97 Å². The topological polar surface area (TPSA) is 98.0 Å². The van der Waals surface area contributed by atoms with E-state index >= 15 is 0 Å². The Balaban J connectivity index is 1.64. The average molecular weight is 522 g/mol. The van der Waals surface area contributed by atoms with Crippen molar-refractivity contribution in [1.29, 1.82) is 0 Å². The molecule has 1 amide bonds. The molecule has 1 aliphatic rings. The number of methoxy groups -OCH3 is 1. The highest BCUT2D eigenvalue weighted by Crippen LogP contribution is 2.24. The van der Waals surface area contributed by atoms with Gasteiger partial charge in [0.15, 0.2) is 4.80 Å². The number of piperidine rings is 1. The lowest BCUT2D eigenvalue weighted by Gasteiger charge is -2.29. The minimum Gasteiger partial charge on any atom is -0.468 e. The van der Waals surface area contributed by atoms with Crippen LogP contribution in [-0.4, -0.2) is 49.4 Å². The van der Waals surface area contributed by atoms with Crippen molar-refractivity contribution in [1.82, 2.24) is 8.87 Å². The van der Waals surface area contributed by atoms with Gasteiger partial charge in [-0.1, -0.05) is 29.9 Å². The summed E-state index contributed by atoms with van der Waals surface area (Å²) in [6.45, 7) is 3.00. The van der Waals surface area contributed by atoms with Gasteiger partial charge in [-0.15, -0.1) is 0 Å². The van der Waals surface area contributed by atoms with Crippen LogP contribution in [0, 0.1) is 5.92 Å². The third kappa shape index (κ3) is 5.10. The van der Waals surface area contributed by atoms with Crippen molar-refractivity contribution >= 4 is 55.1 Å². The van der Waals surface area contributed by atoms with Gasteiger partial charge in [0.1, 0.15) is 6.54 Å². The maximum atomic E-state index is 12.9. The van der Waals surface area contributed by atoms with E-state index in [0.717, 1.165) is 17.5 Å². The SMILES string of the molecule is COC(=O)Cn1c(=NC(=O)c2ccc(S(=O)(=O)N3CCC(C)CC3)cc2)sc2cc(Cl)ccc21. The van der Waals surface area contributed by atoms with Crippen LogP contribution in [0.5, 0.6) is 0 Å². The van der Waals surface area contributed by atoms with Crippen molar-refractivity contribution in [3.8, 4) is 0 Å². The Morgan fingerprint density at radius 2 is 1.82 bits per heavy atom. The molecule has 11 heteroatoms. The molecule has 1 aliphatic heterocycles. The highest BCUT2D eigenvalue weighted by molar-refractivity contribution is 7.89. The summed E-state index contributed by atoms with van der Waals surface area (Å²) in [5, 5.41) is 0.525. The van der Waals surface area contributed by atoms with Crippen LogP contribution < -0.4 is 4.80 Å². The van der Waals surface area contributed by atoms with Crippen LogP contribution in [0.25, 0.3) is 10.2 Å². The van der Waals surface area contributed by atoms with E-state index in [1.54, 1.807) is 22.8 Å². The standard InChI is InChI=1S/C23H24ClN3O5S2/c1-15-9-11-26(12-10-15)34(30,31)18-6-3-16(4-7-18)22(29)25-23-27(14-21(28)32-2)19-8-5-17(24)13-20(19)33-23/h3-8,13,15H,9-12,14H2,1-2H3. The zero-order chi connectivity index (χ0) is 24.5. The highest BCUT2D eigenvalue weighted by atomic mass is 35.5. The van der Waals surface area contributed by atoms with Crippen LogP contribution >= 0.6 is 22.9 Å². The van der Waals surface area contributed by atoms with Gasteiger partial charge in [0.2, 0.25) is 10.0 Å². The van der Waals surface area contributed by atoms with Crippen molar-refractivity contribution < 1.29 is 22.7 Å². The molecule has 34 heavy (non-hydrogen) atoms. The number of nitrogens with zero attached hydrogens (tertiary/aromatic N) is 3. The normalized spacial score (nSPS) is 16.1. The fourth-order valence-corrected chi connectivity index (χ4v) is 6.55. The van der Waals surface area contributed by atoms with Crippen LogP contribution in [0.3, 0.4) is 0 Å². The number of hydrogen-bond donors (Lipinski definition) is 0. The summed E-state index contributed by atoms with van der Waals surface area (Å²) in [5.41, 5.74) is 0.940. The summed E-state index contributed by atoms with van der Waals surface area (Å²) in [4.78, 5) is 29.5. The number of esters is 1. The second kappa shape index (κ2) is 9.99. The number of thiazole rings is 1. The molecule has 0 unspecified atom stereocenters. The molecule has 180 valence electrons. The Morgan fingerprint density at radius 1 is 1.15 bits per heavy atom. The maximum absolute atomic E-state index is 12.9. The van der Waals surface area contributed by atoms with E-state index in [1.165, 1.54) is 47.0 Å². The molecular formula is C23H24ClN3O5S2. The molecule has 2 aromatic carbocycles. The number of aromatic nitrogens is 1. The summed E-state index contributed by atoms with van der Waals surface area (Å²) in [6, 6.07) is 11.0. The number of carbonyl (C=O) groups is 2. The molecule has 1 fully saturated rings. The first-order chi connectivity index (χ1) is 16.2. The Labute approximate surface area is 206 Å². The minimum absolute atomic E-state index is 0.115. The van der Waals surface area contributed by atoms with E-state index in [4.69, 9.17) is 16.3 Å². The number of rotatable bonds is 5. The molecule has 0 saturated carbocycles. The summed E-state index contributed by atoms with van der Waals surface area (Å²) < 4.78 is 34.5. The summed E-state index contributed by atoms with van der Waals surface area (Å²) >= 11 is 7.31. The molecule has 4 rings (SSSR count). The molecule has 0 radical (unpaired) electrons. The van der Waals surface area contributed by atoms with Gasteiger partial charge in [0.05, 0.1) is 22.2 Å². The number of benzene rings is 2. The van der Waals surface area contributed by atoms with E-state index in [0.29, 0.717) is 34.3 Å². The van der Waals surface area contributed by atoms with Gasteiger partial charge < -0.3 is 9.30 Å². The van der Waals surface area contributed by atoms with Crippen molar-refractivity contribution in [3.63, 3.8) is 0 Å². The second-order valence-electron chi connectivity index (χ2n) is 8.19. The predicted molar refractivity (Wildman–Crippen MR) is 130 cm³/mol. The van der Waals surface area contributed by atoms with Crippen LogP contribution in [0.15, 0.2) is 52.4 Å². The first-order valence-electron chi connectivity index (χ1n) is 10.7. The van der Waals surface area contributed by atoms with E-state index in [-0.39, 0.29) is 17.0 Å². The third-order valence-electron chi connectivity index (χ3n) is 5.84. The number of carbonyl (C=O) groups excluding carboxylic acids is 2. The van der Waals surface area contributed by atoms with Gasteiger partial charge in [-0.2, -0.15) is 9.30 Å². The highest BCUT2D eigenvalue weighted by Gasteiger charge is 2.28. The first kappa shape index (κ1) is 24.6. The number of hydrogen-bond acceptors (Lipinski definition) is 6. The van der Waals surface area contributed by atoms with Gasteiger partial charge in [0, 0.05) is 23.7 Å².